The van der Waals surface area contributed by atoms with Gasteiger partial charge in [-0.3, -0.25) is 4.79 Å². The van der Waals surface area contributed by atoms with Gasteiger partial charge < -0.3 is 19.4 Å². The van der Waals surface area contributed by atoms with Crippen molar-refractivity contribution in [3.8, 4) is 5.75 Å². The van der Waals surface area contributed by atoms with Gasteiger partial charge in [-0.1, -0.05) is 30.3 Å². The molecule has 1 amide bonds. The van der Waals surface area contributed by atoms with Crippen LogP contribution in [0.4, 0.5) is 11.4 Å². The predicted octanol–water partition coefficient (Wildman–Crippen LogP) is 4.38. The Balaban J connectivity index is 1.23. The number of piperazine rings is 1. The van der Waals surface area contributed by atoms with E-state index in [9.17, 15) is 13.2 Å². The first-order chi connectivity index (χ1) is 19.7. The number of para-hydroxylation sites is 3. The smallest absolute Gasteiger partial charge is 0.254 e. The van der Waals surface area contributed by atoms with Gasteiger partial charge in [-0.25, -0.2) is 13.6 Å². The van der Waals surface area contributed by atoms with Crippen LogP contribution in [0.3, 0.4) is 0 Å². The van der Waals surface area contributed by atoms with Gasteiger partial charge in [0.05, 0.1) is 18.5 Å². The van der Waals surface area contributed by atoms with Crippen molar-refractivity contribution in [3.63, 3.8) is 0 Å². The Labute approximate surface area is 243 Å². The number of hydrogen-bond donors (Lipinski definition) is 1. The number of sulfonamides is 1. The van der Waals surface area contributed by atoms with Crippen molar-refractivity contribution in [2.45, 2.75) is 38.0 Å². The van der Waals surface area contributed by atoms with E-state index in [1.165, 1.54) is 17.2 Å². The third-order valence-electron chi connectivity index (χ3n) is 8.54. The highest BCUT2D eigenvalue weighted by molar-refractivity contribution is 7.89. The third-order valence-corrected chi connectivity index (χ3v) is 9.50. The lowest BCUT2D eigenvalue weighted by Crippen LogP contribution is -2.49. The lowest BCUT2D eigenvalue weighted by atomic mass is 9.86. The Morgan fingerprint density at radius 3 is 2.12 bits per heavy atom. The van der Waals surface area contributed by atoms with E-state index in [2.05, 4.69) is 36.1 Å². The second-order valence-corrected chi connectivity index (χ2v) is 12.7. The summed E-state index contributed by atoms with van der Waals surface area (Å²) in [5, 5.41) is 5.44. The maximum atomic E-state index is 13.7. The number of anilines is 2. The predicted molar refractivity (Wildman–Crippen MR) is 163 cm³/mol. The third kappa shape index (κ3) is 6.36. The van der Waals surface area contributed by atoms with Crippen LogP contribution in [0.15, 0.2) is 65.6 Å². The molecule has 0 bridgehead atoms. The average Bonchev–Trinajstić information content (AvgIpc) is 2.98. The largest absolute Gasteiger partial charge is 0.495 e. The molecule has 5 rings (SSSR count). The van der Waals surface area contributed by atoms with Crippen LogP contribution >= 0.6 is 0 Å². The van der Waals surface area contributed by atoms with Crippen molar-refractivity contribution in [1.82, 2.24) is 4.90 Å². The summed E-state index contributed by atoms with van der Waals surface area (Å²) in [7, 11) is -2.11. The molecule has 0 aliphatic carbocycles. The maximum Gasteiger partial charge on any atom is 0.254 e. The highest BCUT2D eigenvalue weighted by atomic mass is 32.2. The van der Waals surface area contributed by atoms with E-state index in [0.717, 1.165) is 54.9 Å². The van der Waals surface area contributed by atoms with E-state index in [1.807, 2.05) is 28.9 Å². The second-order valence-electron chi connectivity index (χ2n) is 11.2. The van der Waals surface area contributed by atoms with Gasteiger partial charge in [-0.05, 0) is 86.1 Å². The zero-order chi connectivity index (χ0) is 29.1. The number of piperidine rings is 1. The molecule has 8 nitrogen and oxygen atoms in total. The topological polar surface area (TPSA) is 96.2 Å². The summed E-state index contributed by atoms with van der Waals surface area (Å²) in [6.45, 7) is 8.24. The number of hydrogen-bond acceptors (Lipinski definition) is 6. The molecule has 2 fully saturated rings. The summed E-state index contributed by atoms with van der Waals surface area (Å²) in [5.74, 6) is 1.51. The number of amides is 1. The molecule has 218 valence electrons. The second kappa shape index (κ2) is 12.1. The minimum atomic E-state index is -3.83. The van der Waals surface area contributed by atoms with Gasteiger partial charge in [0.15, 0.2) is 0 Å². The number of nitrogens with two attached hydrogens (primary N) is 1. The van der Waals surface area contributed by atoms with Crippen molar-refractivity contribution in [1.29, 1.82) is 0 Å². The average molecular weight is 577 g/mol. The molecule has 0 spiro atoms. The van der Waals surface area contributed by atoms with Crippen LogP contribution in [0.25, 0.3) is 0 Å². The van der Waals surface area contributed by atoms with E-state index in [-0.39, 0.29) is 10.8 Å². The molecule has 0 saturated carbocycles. The Bertz CT molecular complexity index is 1510. The molecule has 2 aliphatic rings. The van der Waals surface area contributed by atoms with Crippen LogP contribution in [0.2, 0.25) is 0 Å². The van der Waals surface area contributed by atoms with Crippen molar-refractivity contribution in [3.05, 3.63) is 82.9 Å². The fourth-order valence-corrected chi connectivity index (χ4v) is 6.96. The van der Waals surface area contributed by atoms with E-state index >= 15 is 0 Å². The van der Waals surface area contributed by atoms with Gasteiger partial charge in [0.25, 0.3) is 5.91 Å². The number of aryl methyl sites for hydroxylation is 2. The number of primary sulfonamides is 1. The summed E-state index contributed by atoms with van der Waals surface area (Å²) in [4.78, 5) is 20.1. The van der Waals surface area contributed by atoms with E-state index in [1.54, 1.807) is 25.3 Å². The fourth-order valence-electron chi connectivity index (χ4n) is 6.21. The van der Waals surface area contributed by atoms with Gasteiger partial charge in [-0.15, -0.1) is 0 Å². The number of ether oxygens (including phenoxy) is 1. The van der Waals surface area contributed by atoms with E-state index in [0.29, 0.717) is 37.8 Å². The van der Waals surface area contributed by atoms with Crippen LogP contribution in [0, 0.1) is 19.8 Å². The number of carbonyl (C=O) groups is 1. The van der Waals surface area contributed by atoms with Gasteiger partial charge in [0.2, 0.25) is 10.0 Å². The molecule has 0 unspecified atom stereocenters. The summed E-state index contributed by atoms with van der Waals surface area (Å²) >= 11 is 0. The maximum absolute atomic E-state index is 13.7. The monoisotopic (exact) mass is 576 g/mol. The molecule has 0 atom stereocenters. The number of rotatable bonds is 7. The molecule has 3 aromatic carbocycles. The molecule has 9 heteroatoms. The molecule has 2 aliphatic heterocycles. The van der Waals surface area contributed by atoms with Crippen molar-refractivity contribution >= 4 is 27.3 Å². The lowest BCUT2D eigenvalue weighted by Gasteiger charge is -2.37. The number of methoxy groups -OCH3 is 1. The molecule has 3 aromatic rings. The van der Waals surface area contributed by atoms with Crippen molar-refractivity contribution < 1.29 is 17.9 Å². The Morgan fingerprint density at radius 2 is 1.46 bits per heavy atom. The standard InChI is InChI=1S/C32H40N4O4S/c1-23-20-24(2)27(22-26(23)21-25-12-14-34(15-13-25)28-8-4-6-10-30(28)40-3)32(37)36-18-16-35(17-19-36)29-9-5-7-11-31(29)41(33,38)39/h4-11,20,22,25H,12-19,21H2,1-3H3,(H2,33,38,39). The zero-order valence-corrected chi connectivity index (χ0v) is 25.0. The molecule has 2 saturated heterocycles. The van der Waals surface area contributed by atoms with Crippen LogP contribution in [0.1, 0.15) is 39.9 Å². The summed E-state index contributed by atoms with van der Waals surface area (Å²) in [6.07, 6.45) is 3.15. The van der Waals surface area contributed by atoms with Crippen LogP contribution < -0.4 is 19.7 Å². The Morgan fingerprint density at radius 1 is 0.854 bits per heavy atom. The van der Waals surface area contributed by atoms with Crippen LogP contribution in [-0.4, -0.2) is 65.6 Å². The fraction of sp³-hybridized carbons (Fsp3) is 0.406. The summed E-state index contributed by atoms with van der Waals surface area (Å²) in [5.41, 5.74) is 5.97. The number of nitrogens with zero attached hydrogens (tertiary/aromatic N) is 3. The molecule has 0 aromatic heterocycles. The Hall–Kier alpha value is -3.56. The number of carbonyl (C=O) groups excluding carboxylic acids is 1. The molecular formula is C32H40N4O4S. The van der Waals surface area contributed by atoms with Crippen LogP contribution in [-0.2, 0) is 16.4 Å². The molecule has 0 radical (unpaired) electrons. The first-order valence-corrected chi connectivity index (χ1v) is 15.8. The highest BCUT2D eigenvalue weighted by Crippen LogP contribution is 2.33. The van der Waals surface area contributed by atoms with Crippen LogP contribution in [0.5, 0.6) is 5.75 Å². The number of benzene rings is 3. The minimum absolute atomic E-state index is 0.0362. The molecular weight excluding hydrogens is 536 g/mol. The van der Waals surface area contributed by atoms with E-state index in [4.69, 9.17) is 9.88 Å². The summed E-state index contributed by atoms with van der Waals surface area (Å²) in [6, 6.07) is 19.2. The highest BCUT2D eigenvalue weighted by Gasteiger charge is 2.27. The quantitative estimate of drug-likeness (QED) is 0.449. The summed E-state index contributed by atoms with van der Waals surface area (Å²) < 4.78 is 29.7. The van der Waals surface area contributed by atoms with Gasteiger partial charge in [0.1, 0.15) is 10.6 Å². The molecule has 2 N–H and O–H groups in total. The lowest BCUT2D eigenvalue weighted by molar-refractivity contribution is 0.0745. The van der Waals surface area contributed by atoms with Crippen molar-refractivity contribution in [2.75, 3.05) is 56.2 Å². The Kier molecular flexibility index (Phi) is 8.56. The SMILES string of the molecule is COc1ccccc1N1CCC(Cc2cc(C(=O)N3CCN(c4ccccc4S(N)(=O)=O)CC3)c(C)cc2C)CC1. The van der Waals surface area contributed by atoms with Gasteiger partial charge in [-0.2, -0.15) is 0 Å². The molecule has 2 heterocycles. The molecule has 41 heavy (non-hydrogen) atoms. The first-order valence-electron chi connectivity index (χ1n) is 14.3. The van der Waals surface area contributed by atoms with E-state index < -0.39 is 10.0 Å². The van der Waals surface area contributed by atoms with Gasteiger partial charge >= 0.3 is 0 Å². The first kappa shape index (κ1) is 29.0. The zero-order valence-electron chi connectivity index (χ0n) is 24.2. The normalized spacial score (nSPS) is 16.6. The minimum Gasteiger partial charge on any atom is -0.495 e. The van der Waals surface area contributed by atoms with Gasteiger partial charge in [0, 0.05) is 44.8 Å². The van der Waals surface area contributed by atoms with Crippen molar-refractivity contribution in [2.24, 2.45) is 11.1 Å².